The Bertz CT molecular complexity index is 337. The average molecular weight is 298 g/mol. The van der Waals surface area contributed by atoms with Crippen LogP contribution in [-0.4, -0.2) is 85.9 Å². The van der Waals surface area contributed by atoms with Crippen molar-refractivity contribution >= 4 is 11.8 Å². The molecule has 21 heavy (non-hydrogen) atoms. The Morgan fingerprint density at radius 1 is 1.19 bits per heavy atom. The molecule has 122 valence electrons. The first kappa shape index (κ1) is 17.9. The van der Waals surface area contributed by atoms with Crippen LogP contribution in [0.5, 0.6) is 0 Å². The molecule has 0 atom stereocenters. The molecule has 0 spiro atoms. The largest absolute Gasteiger partial charge is 0.347 e. The van der Waals surface area contributed by atoms with Crippen LogP contribution in [0.1, 0.15) is 26.7 Å². The zero-order chi connectivity index (χ0) is 15.8. The lowest BCUT2D eigenvalue weighted by Gasteiger charge is -2.34. The molecule has 6 nitrogen and oxygen atoms in total. The number of nitrogens with zero attached hydrogens (tertiary/aromatic N) is 3. The first-order valence-corrected chi connectivity index (χ1v) is 7.95. The Hall–Kier alpha value is -1.14. The smallest absolute Gasteiger partial charge is 0.311 e. The van der Waals surface area contributed by atoms with Crippen molar-refractivity contribution in [2.75, 3.05) is 53.4 Å². The van der Waals surface area contributed by atoms with Crippen LogP contribution in [0.4, 0.5) is 0 Å². The quantitative estimate of drug-likeness (QED) is 0.701. The van der Waals surface area contributed by atoms with E-state index in [9.17, 15) is 9.59 Å². The first-order chi connectivity index (χ1) is 9.99. The Kier molecular flexibility index (Phi) is 7.67. The maximum absolute atomic E-state index is 12.1. The summed E-state index contributed by atoms with van der Waals surface area (Å²) in [6.45, 7) is 9.34. The van der Waals surface area contributed by atoms with E-state index in [1.165, 1.54) is 0 Å². The molecule has 0 unspecified atom stereocenters. The maximum Gasteiger partial charge on any atom is 0.311 e. The maximum atomic E-state index is 12.1. The molecule has 0 aromatic carbocycles. The molecule has 1 N–H and O–H groups in total. The van der Waals surface area contributed by atoms with Crippen molar-refractivity contribution in [1.29, 1.82) is 0 Å². The summed E-state index contributed by atoms with van der Waals surface area (Å²) in [5.41, 5.74) is 0. The third kappa shape index (κ3) is 5.63. The molecular formula is C15H30N4O2. The molecule has 1 aliphatic rings. The van der Waals surface area contributed by atoms with Gasteiger partial charge in [-0.1, -0.05) is 13.8 Å². The van der Waals surface area contributed by atoms with E-state index in [1.54, 1.807) is 11.9 Å². The third-order valence-corrected chi connectivity index (χ3v) is 4.36. The monoisotopic (exact) mass is 298 g/mol. The Morgan fingerprint density at radius 2 is 1.76 bits per heavy atom. The Labute approximate surface area is 128 Å². The summed E-state index contributed by atoms with van der Waals surface area (Å²) in [4.78, 5) is 30.1. The number of carbonyl (C=O) groups excluding carboxylic acids is 2. The predicted molar refractivity (Wildman–Crippen MR) is 84.1 cm³/mol. The Balaban J connectivity index is 2.34. The van der Waals surface area contributed by atoms with Gasteiger partial charge in [0.05, 0.1) is 0 Å². The van der Waals surface area contributed by atoms with Gasteiger partial charge in [-0.2, -0.15) is 0 Å². The van der Waals surface area contributed by atoms with Gasteiger partial charge >= 0.3 is 11.8 Å². The number of hydrogen-bond acceptors (Lipinski definition) is 4. The van der Waals surface area contributed by atoms with Crippen LogP contribution in [0.25, 0.3) is 0 Å². The fraction of sp³-hybridized carbons (Fsp3) is 0.867. The van der Waals surface area contributed by atoms with Crippen molar-refractivity contribution in [3.8, 4) is 0 Å². The summed E-state index contributed by atoms with van der Waals surface area (Å²) in [6, 6.07) is 0.183. The summed E-state index contributed by atoms with van der Waals surface area (Å²) in [7, 11) is 3.82. The number of likely N-dealkylation sites (tertiary alicyclic amines) is 1. The van der Waals surface area contributed by atoms with Crippen LogP contribution in [0.15, 0.2) is 0 Å². The molecule has 0 aromatic rings. The highest BCUT2D eigenvalue weighted by Crippen LogP contribution is 2.14. The van der Waals surface area contributed by atoms with Crippen LogP contribution in [0.3, 0.4) is 0 Å². The van der Waals surface area contributed by atoms with E-state index in [-0.39, 0.29) is 6.04 Å². The number of hydrogen-bond donors (Lipinski definition) is 1. The van der Waals surface area contributed by atoms with Crippen LogP contribution in [0, 0.1) is 0 Å². The van der Waals surface area contributed by atoms with Gasteiger partial charge < -0.3 is 20.0 Å². The van der Waals surface area contributed by atoms with E-state index in [4.69, 9.17) is 0 Å². The van der Waals surface area contributed by atoms with Gasteiger partial charge in [0, 0.05) is 26.2 Å². The molecule has 0 aromatic heterocycles. The predicted octanol–water partition coefficient (Wildman–Crippen LogP) is -0.00300. The molecule has 6 heteroatoms. The molecule has 0 radical (unpaired) electrons. The van der Waals surface area contributed by atoms with Crippen molar-refractivity contribution < 1.29 is 9.59 Å². The second-order valence-electron chi connectivity index (χ2n) is 5.73. The van der Waals surface area contributed by atoms with Gasteiger partial charge in [0.1, 0.15) is 0 Å². The Morgan fingerprint density at radius 3 is 2.29 bits per heavy atom. The molecule has 1 heterocycles. The molecule has 1 saturated heterocycles. The highest BCUT2D eigenvalue weighted by Gasteiger charge is 2.27. The van der Waals surface area contributed by atoms with Gasteiger partial charge in [0.25, 0.3) is 0 Å². The lowest BCUT2D eigenvalue weighted by Crippen LogP contribution is -2.50. The second-order valence-corrected chi connectivity index (χ2v) is 5.73. The number of rotatable bonds is 6. The van der Waals surface area contributed by atoms with E-state index >= 15 is 0 Å². The minimum absolute atomic E-state index is 0.183. The first-order valence-electron chi connectivity index (χ1n) is 7.95. The normalized spacial score (nSPS) is 17.0. The minimum atomic E-state index is -0.483. The van der Waals surface area contributed by atoms with Gasteiger partial charge in [-0.15, -0.1) is 0 Å². The summed E-state index contributed by atoms with van der Waals surface area (Å²) < 4.78 is 0. The van der Waals surface area contributed by atoms with E-state index in [1.807, 2.05) is 0 Å². The van der Waals surface area contributed by atoms with Crippen molar-refractivity contribution in [3.63, 3.8) is 0 Å². The topological polar surface area (TPSA) is 55.9 Å². The van der Waals surface area contributed by atoms with Crippen molar-refractivity contribution in [2.45, 2.75) is 32.7 Å². The van der Waals surface area contributed by atoms with E-state index in [0.29, 0.717) is 6.54 Å². The highest BCUT2D eigenvalue weighted by molar-refractivity contribution is 6.35. The fourth-order valence-electron chi connectivity index (χ4n) is 2.65. The molecule has 0 aliphatic carbocycles. The SMILES string of the molecule is CCN(CC)CCNC(=O)C(=O)N(C)C1CCN(C)CC1. The summed E-state index contributed by atoms with van der Waals surface area (Å²) in [5, 5.41) is 2.73. The van der Waals surface area contributed by atoms with Gasteiger partial charge in [0.2, 0.25) is 0 Å². The van der Waals surface area contributed by atoms with Crippen molar-refractivity contribution in [1.82, 2.24) is 20.0 Å². The van der Waals surface area contributed by atoms with Crippen LogP contribution < -0.4 is 5.32 Å². The average Bonchev–Trinajstić information content (AvgIpc) is 2.50. The molecule has 2 amide bonds. The minimum Gasteiger partial charge on any atom is -0.347 e. The number of amides is 2. The zero-order valence-electron chi connectivity index (χ0n) is 13.9. The molecule has 1 fully saturated rings. The van der Waals surface area contributed by atoms with E-state index in [0.717, 1.165) is 45.6 Å². The van der Waals surface area contributed by atoms with Crippen LogP contribution in [-0.2, 0) is 9.59 Å². The van der Waals surface area contributed by atoms with Gasteiger partial charge in [-0.05, 0) is 46.1 Å². The number of nitrogens with one attached hydrogen (secondary N) is 1. The molecule has 1 aliphatic heterocycles. The number of piperidine rings is 1. The van der Waals surface area contributed by atoms with Crippen molar-refractivity contribution in [3.05, 3.63) is 0 Å². The van der Waals surface area contributed by atoms with Gasteiger partial charge in [-0.25, -0.2) is 0 Å². The fourth-order valence-corrected chi connectivity index (χ4v) is 2.65. The zero-order valence-corrected chi connectivity index (χ0v) is 13.9. The summed E-state index contributed by atoms with van der Waals surface area (Å²) in [5.74, 6) is -0.896. The standard InChI is InChI=1S/C15H30N4O2/c1-5-19(6-2)12-9-16-14(20)15(21)18(4)13-7-10-17(3)11-8-13/h13H,5-12H2,1-4H3,(H,16,20). The number of carbonyl (C=O) groups is 2. The van der Waals surface area contributed by atoms with E-state index < -0.39 is 11.8 Å². The van der Waals surface area contributed by atoms with Crippen LogP contribution in [0.2, 0.25) is 0 Å². The summed E-state index contributed by atoms with van der Waals surface area (Å²) in [6.07, 6.45) is 1.87. The third-order valence-electron chi connectivity index (χ3n) is 4.36. The van der Waals surface area contributed by atoms with Gasteiger partial charge in [0.15, 0.2) is 0 Å². The second kappa shape index (κ2) is 9.00. The molecule has 0 saturated carbocycles. The lowest BCUT2D eigenvalue weighted by atomic mass is 10.0. The van der Waals surface area contributed by atoms with Crippen LogP contribution >= 0.6 is 0 Å². The lowest BCUT2D eigenvalue weighted by molar-refractivity contribution is -0.146. The number of likely N-dealkylation sites (N-methyl/N-ethyl adjacent to an activating group) is 2. The van der Waals surface area contributed by atoms with E-state index in [2.05, 4.69) is 36.0 Å². The summed E-state index contributed by atoms with van der Waals surface area (Å²) >= 11 is 0. The van der Waals surface area contributed by atoms with Crippen molar-refractivity contribution in [2.24, 2.45) is 0 Å². The molecule has 0 bridgehead atoms. The molecular weight excluding hydrogens is 268 g/mol. The van der Waals surface area contributed by atoms with Gasteiger partial charge in [-0.3, -0.25) is 9.59 Å². The highest BCUT2D eigenvalue weighted by atomic mass is 16.2. The molecule has 1 rings (SSSR count).